The summed E-state index contributed by atoms with van der Waals surface area (Å²) in [7, 11) is 0. The predicted octanol–water partition coefficient (Wildman–Crippen LogP) is 6.25. The van der Waals surface area contributed by atoms with Crippen LogP contribution in [0.25, 0.3) is 11.0 Å². The van der Waals surface area contributed by atoms with Gasteiger partial charge in [-0.2, -0.15) is 0 Å². The van der Waals surface area contributed by atoms with Crippen LogP contribution in [0.3, 0.4) is 0 Å². The van der Waals surface area contributed by atoms with Crippen molar-refractivity contribution < 1.29 is 9.59 Å². The summed E-state index contributed by atoms with van der Waals surface area (Å²) in [6.45, 7) is 8.58. The summed E-state index contributed by atoms with van der Waals surface area (Å²) in [5.74, 6) is 1.04. The molecule has 6 nitrogen and oxygen atoms in total. The van der Waals surface area contributed by atoms with E-state index in [4.69, 9.17) is 4.98 Å². The Labute approximate surface area is 218 Å². The van der Waals surface area contributed by atoms with Crippen molar-refractivity contribution in [2.24, 2.45) is 5.92 Å². The number of nitrogens with zero attached hydrogens (tertiary/aromatic N) is 2. The van der Waals surface area contributed by atoms with Gasteiger partial charge in [0, 0.05) is 28.9 Å². The second-order valence-corrected chi connectivity index (χ2v) is 11.5. The van der Waals surface area contributed by atoms with E-state index in [9.17, 15) is 9.59 Å². The number of hydrogen-bond acceptors (Lipinski definition) is 4. The molecule has 2 heterocycles. The fourth-order valence-electron chi connectivity index (χ4n) is 5.36. The number of hydrogen-bond donors (Lipinski definition) is 2. The fourth-order valence-corrected chi connectivity index (χ4v) is 6.06. The van der Waals surface area contributed by atoms with Crippen LogP contribution in [0.15, 0.2) is 35.7 Å². The zero-order valence-electron chi connectivity index (χ0n) is 22.0. The van der Waals surface area contributed by atoms with Gasteiger partial charge >= 0.3 is 0 Å². The third-order valence-corrected chi connectivity index (χ3v) is 8.15. The van der Waals surface area contributed by atoms with Crippen molar-refractivity contribution in [2.75, 3.05) is 0 Å². The van der Waals surface area contributed by atoms with E-state index in [2.05, 4.69) is 60.4 Å². The van der Waals surface area contributed by atoms with Gasteiger partial charge in [-0.1, -0.05) is 46.6 Å². The highest BCUT2D eigenvalue weighted by Gasteiger charge is 2.26. The molecule has 194 valence electrons. The van der Waals surface area contributed by atoms with Crippen LogP contribution in [0.1, 0.15) is 99.7 Å². The molecule has 1 aliphatic rings. The van der Waals surface area contributed by atoms with E-state index in [0.29, 0.717) is 23.9 Å². The van der Waals surface area contributed by atoms with Gasteiger partial charge in [-0.15, -0.1) is 11.3 Å². The Hall–Kier alpha value is -2.67. The Bertz CT molecular complexity index is 1160. The normalized spacial score (nSPS) is 15.2. The van der Waals surface area contributed by atoms with Gasteiger partial charge in [-0.05, 0) is 67.7 Å². The number of rotatable bonds is 11. The number of amides is 2. The monoisotopic (exact) mass is 508 g/mol. The van der Waals surface area contributed by atoms with Crippen LogP contribution in [0.4, 0.5) is 0 Å². The topological polar surface area (TPSA) is 76.0 Å². The summed E-state index contributed by atoms with van der Waals surface area (Å²) >= 11 is 1.74. The minimum absolute atomic E-state index is 0.0683. The van der Waals surface area contributed by atoms with E-state index in [1.807, 2.05) is 18.2 Å². The highest BCUT2D eigenvalue weighted by molar-refractivity contribution is 7.09. The van der Waals surface area contributed by atoms with Gasteiger partial charge in [0.25, 0.3) is 5.91 Å². The largest absolute Gasteiger partial charge is 0.352 e. The molecule has 1 saturated carbocycles. The van der Waals surface area contributed by atoms with Crippen LogP contribution in [0.2, 0.25) is 0 Å². The molecule has 1 aliphatic carbocycles. The van der Waals surface area contributed by atoms with E-state index in [1.165, 1.54) is 4.88 Å². The summed E-state index contributed by atoms with van der Waals surface area (Å²) in [5.41, 5.74) is 2.43. The molecule has 1 fully saturated rings. The first-order chi connectivity index (χ1) is 17.4. The standard InChI is InChI=1S/C29H40N4O2S/c1-5-22(6-2)33-26-14-13-20(17-24(26)31-27(33)18-23-12-9-15-36-23)28(34)32-25(16-19(3)4)29(35)30-21-10-7-8-11-21/h9,12-15,17,19,21-22,25H,5-8,10-11,16,18H2,1-4H3,(H,30,35)(H,32,34)/t25-/m0/s1. The van der Waals surface area contributed by atoms with Crippen molar-refractivity contribution in [3.63, 3.8) is 0 Å². The maximum absolute atomic E-state index is 13.3. The van der Waals surface area contributed by atoms with E-state index >= 15 is 0 Å². The number of nitrogens with one attached hydrogen (secondary N) is 2. The van der Waals surface area contributed by atoms with Crippen molar-refractivity contribution in [3.05, 3.63) is 52.0 Å². The zero-order chi connectivity index (χ0) is 25.7. The van der Waals surface area contributed by atoms with Gasteiger partial charge in [0.2, 0.25) is 5.91 Å². The van der Waals surface area contributed by atoms with Crippen molar-refractivity contribution in [3.8, 4) is 0 Å². The van der Waals surface area contributed by atoms with Crippen LogP contribution in [-0.2, 0) is 11.2 Å². The Morgan fingerprint density at radius 1 is 1.14 bits per heavy atom. The second-order valence-electron chi connectivity index (χ2n) is 10.5. The minimum Gasteiger partial charge on any atom is -0.352 e. The molecule has 7 heteroatoms. The summed E-state index contributed by atoms with van der Waals surface area (Å²) in [4.78, 5) is 32.6. The maximum atomic E-state index is 13.3. The molecular formula is C29H40N4O2S. The summed E-state index contributed by atoms with van der Waals surface area (Å²) in [6, 6.07) is 10.0. The number of aromatic nitrogens is 2. The molecule has 3 aromatic rings. The number of benzene rings is 1. The summed E-state index contributed by atoms with van der Waals surface area (Å²) < 4.78 is 2.35. The maximum Gasteiger partial charge on any atom is 0.252 e. The quantitative estimate of drug-likeness (QED) is 0.321. The van der Waals surface area contributed by atoms with Gasteiger partial charge in [-0.3, -0.25) is 9.59 Å². The predicted molar refractivity (Wildman–Crippen MR) is 148 cm³/mol. The number of imidazole rings is 1. The van der Waals surface area contributed by atoms with E-state index in [1.54, 1.807) is 11.3 Å². The first-order valence-electron chi connectivity index (χ1n) is 13.5. The first-order valence-corrected chi connectivity index (χ1v) is 14.4. The zero-order valence-corrected chi connectivity index (χ0v) is 22.9. The summed E-state index contributed by atoms with van der Waals surface area (Å²) in [5, 5.41) is 8.28. The molecule has 0 aliphatic heterocycles. The molecule has 1 atom stereocenters. The van der Waals surface area contributed by atoms with Crippen LogP contribution in [0, 0.1) is 5.92 Å². The average Bonchev–Trinajstić information content (AvgIpc) is 3.61. The van der Waals surface area contributed by atoms with Crippen LogP contribution in [-0.4, -0.2) is 33.4 Å². The molecule has 0 radical (unpaired) electrons. The van der Waals surface area contributed by atoms with Crippen LogP contribution >= 0.6 is 11.3 Å². The van der Waals surface area contributed by atoms with Crippen LogP contribution < -0.4 is 10.6 Å². The molecule has 0 spiro atoms. The fraction of sp³-hybridized carbons (Fsp3) is 0.552. The number of carbonyl (C=O) groups excluding carboxylic acids is 2. The van der Waals surface area contributed by atoms with Gasteiger partial charge in [0.05, 0.1) is 11.0 Å². The highest BCUT2D eigenvalue weighted by atomic mass is 32.1. The molecule has 0 saturated heterocycles. The number of thiophene rings is 1. The average molecular weight is 509 g/mol. The molecule has 0 unspecified atom stereocenters. The van der Waals surface area contributed by atoms with Crippen molar-refractivity contribution in [1.29, 1.82) is 0 Å². The number of fused-ring (bicyclic) bond motifs is 1. The van der Waals surface area contributed by atoms with Gasteiger partial charge in [0.1, 0.15) is 11.9 Å². The highest BCUT2D eigenvalue weighted by Crippen LogP contribution is 2.28. The SMILES string of the molecule is CCC(CC)n1c(Cc2cccs2)nc2cc(C(=O)N[C@@H](CC(C)C)C(=O)NC3CCCC3)ccc21. The molecule has 36 heavy (non-hydrogen) atoms. The van der Waals surface area contributed by atoms with Crippen molar-refractivity contribution >= 4 is 34.2 Å². The minimum atomic E-state index is -0.537. The van der Waals surface area contributed by atoms with E-state index < -0.39 is 6.04 Å². The van der Waals surface area contributed by atoms with Crippen molar-refractivity contribution in [2.45, 2.75) is 97.2 Å². The van der Waals surface area contributed by atoms with Gasteiger partial charge < -0.3 is 15.2 Å². The van der Waals surface area contributed by atoms with Gasteiger partial charge in [-0.25, -0.2) is 4.98 Å². The van der Waals surface area contributed by atoms with E-state index in [-0.39, 0.29) is 17.9 Å². The lowest BCUT2D eigenvalue weighted by Gasteiger charge is -2.22. The molecule has 1 aromatic carbocycles. The molecule has 2 amide bonds. The molecule has 2 N–H and O–H groups in total. The summed E-state index contributed by atoms with van der Waals surface area (Å²) in [6.07, 6.45) is 7.80. The van der Waals surface area contributed by atoms with Crippen molar-refractivity contribution in [1.82, 2.24) is 20.2 Å². The number of carbonyl (C=O) groups is 2. The second kappa shape index (κ2) is 12.0. The lowest BCUT2D eigenvalue weighted by molar-refractivity contribution is -0.124. The first kappa shape index (κ1) is 26.4. The molecule has 2 aromatic heterocycles. The Morgan fingerprint density at radius 3 is 2.53 bits per heavy atom. The molecule has 4 rings (SSSR count). The smallest absolute Gasteiger partial charge is 0.252 e. The molecular weight excluding hydrogens is 468 g/mol. The van der Waals surface area contributed by atoms with E-state index in [0.717, 1.165) is 61.8 Å². The lowest BCUT2D eigenvalue weighted by Crippen LogP contribution is -2.49. The third-order valence-electron chi connectivity index (χ3n) is 7.28. The Morgan fingerprint density at radius 2 is 1.89 bits per heavy atom. The Balaban J connectivity index is 1.58. The lowest BCUT2D eigenvalue weighted by atomic mass is 10.0. The van der Waals surface area contributed by atoms with Gasteiger partial charge in [0.15, 0.2) is 0 Å². The third kappa shape index (κ3) is 6.17. The Kier molecular flexibility index (Phi) is 8.83. The van der Waals surface area contributed by atoms with Crippen LogP contribution in [0.5, 0.6) is 0 Å². The molecule has 0 bridgehead atoms.